The Morgan fingerprint density at radius 3 is 2.89 bits per heavy atom. The Morgan fingerprint density at radius 2 is 2.22 bits per heavy atom. The summed E-state index contributed by atoms with van der Waals surface area (Å²) in [7, 11) is 0. The van der Waals surface area contributed by atoms with E-state index in [0.29, 0.717) is 11.6 Å². The molecule has 0 spiro atoms. The first kappa shape index (κ1) is 12.4. The molecule has 2 aromatic rings. The molecule has 1 aromatic heterocycles. The first-order valence-electron chi connectivity index (χ1n) is 5.78. The lowest BCUT2D eigenvalue weighted by Crippen LogP contribution is -2.11. The van der Waals surface area contributed by atoms with Gasteiger partial charge in [-0.05, 0) is 26.0 Å². The molecule has 18 heavy (non-hydrogen) atoms. The second kappa shape index (κ2) is 5.08. The molecule has 0 radical (unpaired) electrons. The van der Waals surface area contributed by atoms with Crippen LogP contribution in [0.1, 0.15) is 25.7 Å². The third-order valence-electron chi connectivity index (χ3n) is 2.58. The molecule has 0 fully saturated rings. The summed E-state index contributed by atoms with van der Waals surface area (Å²) < 4.78 is 20.4. The summed E-state index contributed by atoms with van der Waals surface area (Å²) in [4.78, 5) is 4.19. The van der Waals surface area contributed by atoms with E-state index in [0.717, 1.165) is 5.82 Å². The maximum Gasteiger partial charge on any atom is 0.148 e. The number of halogens is 1. The number of benzene rings is 1. The number of nitrogens with zero attached hydrogens (tertiary/aromatic N) is 2. The van der Waals surface area contributed by atoms with E-state index in [-0.39, 0.29) is 18.5 Å². The van der Waals surface area contributed by atoms with Crippen LogP contribution < -0.4 is 10.5 Å². The van der Waals surface area contributed by atoms with Gasteiger partial charge in [0, 0.05) is 12.1 Å². The molecule has 0 bridgehead atoms. The number of imidazole rings is 1. The van der Waals surface area contributed by atoms with Crippen LogP contribution in [0.4, 0.5) is 10.2 Å². The van der Waals surface area contributed by atoms with Gasteiger partial charge in [-0.25, -0.2) is 9.37 Å². The lowest BCUT2D eigenvalue weighted by atomic mass is 10.3. The zero-order chi connectivity index (χ0) is 13.1. The predicted octanol–water partition coefficient (Wildman–Crippen LogP) is 2.76. The van der Waals surface area contributed by atoms with Crippen LogP contribution >= 0.6 is 0 Å². The quantitative estimate of drug-likeness (QED) is 0.906. The molecule has 5 heteroatoms. The van der Waals surface area contributed by atoms with E-state index in [1.807, 2.05) is 18.4 Å². The van der Waals surface area contributed by atoms with Crippen molar-refractivity contribution in [3.63, 3.8) is 0 Å². The van der Waals surface area contributed by atoms with Crippen LogP contribution in [-0.4, -0.2) is 9.55 Å². The summed E-state index contributed by atoms with van der Waals surface area (Å²) in [5.74, 6) is 1.49. The average Bonchev–Trinajstić information content (AvgIpc) is 2.68. The number of rotatable bonds is 4. The van der Waals surface area contributed by atoms with Crippen LogP contribution in [0.2, 0.25) is 0 Å². The van der Waals surface area contributed by atoms with Crippen molar-refractivity contribution < 1.29 is 9.13 Å². The lowest BCUT2D eigenvalue weighted by Gasteiger charge is -2.14. The van der Waals surface area contributed by atoms with Crippen LogP contribution in [0.3, 0.4) is 0 Å². The number of hydrogen-bond donors (Lipinski definition) is 1. The normalized spacial score (nSPS) is 10.9. The smallest absolute Gasteiger partial charge is 0.148 e. The number of nitrogens with two attached hydrogens (primary N) is 1. The largest absolute Gasteiger partial charge is 0.486 e. The third kappa shape index (κ3) is 2.61. The van der Waals surface area contributed by atoms with Gasteiger partial charge in [0.15, 0.2) is 0 Å². The van der Waals surface area contributed by atoms with Gasteiger partial charge in [-0.2, -0.15) is 0 Å². The van der Waals surface area contributed by atoms with E-state index in [4.69, 9.17) is 10.5 Å². The molecule has 1 aromatic carbocycles. The van der Waals surface area contributed by atoms with Crippen molar-refractivity contribution in [2.75, 3.05) is 5.73 Å². The molecule has 2 N–H and O–H groups in total. The summed E-state index contributed by atoms with van der Waals surface area (Å²) in [6.07, 6.45) is 1.60. The molecule has 0 aliphatic rings. The molecular weight excluding hydrogens is 233 g/mol. The van der Waals surface area contributed by atoms with Gasteiger partial charge in [-0.3, -0.25) is 0 Å². The van der Waals surface area contributed by atoms with Crippen LogP contribution in [0.5, 0.6) is 5.75 Å². The van der Waals surface area contributed by atoms with Crippen LogP contribution in [0, 0.1) is 5.82 Å². The minimum Gasteiger partial charge on any atom is -0.486 e. The molecule has 2 rings (SSSR count). The van der Waals surface area contributed by atoms with Gasteiger partial charge in [0.1, 0.15) is 29.8 Å². The molecule has 0 saturated carbocycles. The SMILES string of the molecule is CC(C)n1c(N)cnc1COc1cccc(F)c1. The Kier molecular flexibility index (Phi) is 3.50. The number of nitrogen functional groups attached to an aromatic ring is 1. The fourth-order valence-electron chi connectivity index (χ4n) is 1.82. The molecule has 0 amide bonds. The van der Waals surface area contributed by atoms with Crippen LogP contribution in [-0.2, 0) is 6.61 Å². The molecule has 0 aliphatic heterocycles. The van der Waals surface area contributed by atoms with Gasteiger partial charge in [0.2, 0.25) is 0 Å². The Balaban J connectivity index is 2.11. The van der Waals surface area contributed by atoms with E-state index in [2.05, 4.69) is 4.98 Å². The highest BCUT2D eigenvalue weighted by Crippen LogP contribution is 2.18. The minimum absolute atomic E-state index is 0.207. The Morgan fingerprint density at radius 1 is 1.44 bits per heavy atom. The first-order chi connectivity index (χ1) is 8.58. The van der Waals surface area contributed by atoms with Crippen molar-refractivity contribution >= 4 is 5.82 Å². The number of hydrogen-bond acceptors (Lipinski definition) is 3. The number of aromatic nitrogens is 2. The van der Waals surface area contributed by atoms with Crippen molar-refractivity contribution in [1.29, 1.82) is 0 Å². The summed E-state index contributed by atoms with van der Waals surface area (Å²) in [5, 5.41) is 0. The third-order valence-corrected chi connectivity index (χ3v) is 2.58. The molecule has 0 atom stereocenters. The maximum absolute atomic E-state index is 13.0. The molecular formula is C13H16FN3O. The predicted molar refractivity (Wildman–Crippen MR) is 67.8 cm³/mol. The van der Waals surface area contributed by atoms with Crippen molar-refractivity contribution in [3.05, 3.63) is 42.1 Å². The van der Waals surface area contributed by atoms with Gasteiger partial charge in [0.05, 0.1) is 6.20 Å². The standard InChI is InChI=1S/C13H16FN3O/c1-9(2)17-12(15)7-16-13(17)8-18-11-5-3-4-10(14)6-11/h3-7,9H,8,15H2,1-2H3. The van der Waals surface area contributed by atoms with Crippen LogP contribution in [0.15, 0.2) is 30.5 Å². The summed E-state index contributed by atoms with van der Waals surface area (Å²) in [6, 6.07) is 6.23. The highest BCUT2D eigenvalue weighted by molar-refractivity contribution is 5.29. The molecule has 96 valence electrons. The molecule has 1 heterocycles. The topological polar surface area (TPSA) is 53.1 Å². The first-order valence-corrected chi connectivity index (χ1v) is 5.78. The zero-order valence-corrected chi connectivity index (χ0v) is 10.4. The van der Waals surface area contributed by atoms with Crippen molar-refractivity contribution in [2.24, 2.45) is 0 Å². The van der Waals surface area contributed by atoms with Gasteiger partial charge in [0.25, 0.3) is 0 Å². The van der Waals surface area contributed by atoms with Gasteiger partial charge < -0.3 is 15.0 Å². The highest BCUT2D eigenvalue weighted by Gasteiger charge is 2.11. The minimum atomic E-state index is -0.320. The number of ether oxygens (including phenoxy) is 1. The molecule has 4 nitrogen and oxygen atoms in total. The highest BCUT2D eigenvalue weighted by atomic mass is 19.1. The Hall–Kier alpha value is -2.04. The van der Waals surface area contributed by atoms with E-state index in [1.54, 1.807) is 18.3 Å². The van der Waals surface area contributed by atoms with Crippen molar-refractivity contribution in [1.82, 2.24) is 9.55 Å². The van der Waals surface area contributed by atoms with E-state index in [1.165, 1.54) is 12.1 Å². The monoisotopic (exact) mass is 249 g/mol. The van der Waals surface area contributed by atoms with Crippen molar-refractivity contribution in [2.45, 2.75) is 26.5 Å². The second-order valence-electron chi connectivity index (χ2n) is 4.31. The number of anilines is 1. The molecule has 0 aliphatic carbocycles. The van der Waals surface area contributed by atoms with Crippen molar-refractivity contribution in [3.8, 4) is 5.75 Å². The average molecular weight is 249 g/mol. The fraction of sp³-hybridized carbons (Fsp3) is 0.308. The Labute approximate surface area is 105 Å². The van der Waals surface area contributed by atoms with Gasteiger partial charge in [-0.1, -0.05) is 6.07 Å². The molecule has 0 saturated heterocycles. The van der Waals surface area contributed by atoms with Gasteiger partial charge in [-0.15, -0.1) is 0 Å². The van der Waals surface area contributed by atoms with Crippen LogP contribution in [0.25, 0.3) is 0 Å². The summed E-state index contributed by atoms with van der Waals surface area (Å²) >= 11 is 0. The summed E-state index contributed by atoms with van der Waals surface area (Å²) in [6.45, 7) is 4.30. The molecule has 0 unspecified atom stereocenters. The maximum atomic E-state index is 13.0. The van der Waals surface area contributed by atoms with Gasteiger partial charge >= 0.3 is 0 Å². The van der Waals surface area contributed by atoms with E-state index < -0.39 is 0 Å². The van der Waals surface area contributed by atoms with E-state index >= 15 is 0 Å². The van der Waals surface area contributed by atoms with E-state index in [9.17, 15) is 4.39 Å². The fourth-order valence-corrected chi connectivity index (χ4v) is 1.82. The lowest BCUT2D eigenvalue weighted by molar-refractivity contribution is 0.285. The second-order valence-corrected chi connectivity index (χ2v) is 4.31. The summed E-state index contributed by atoms with van der Waals surface area (Å²) in [5.41, 5.74) is 5.82. The zero-order valence-electron chi connectivity index (χ0n) is 10.4. The Bertz CT molecular complexity index is 537.